The molecule has 0 spiro atoms. The Balaban J connectivity index is 1.68. The fourth-order valence-corrected chi connectivity index (χ4v) is 4.91. The van der Waals surface area contributed by atoms with Crippen LogP contribution in [0.1, 0.15) is 22.8 Å². The first kappa shape index (κ1) is 22.5. The molecule has 170 valence electrons. The minimum atomic E-state index is -0.101. The molecule has 3 aromatic rings. The number of rotatable bonds is 8. The van der Waals surface area contributed by atoms with E-state index in [0.717, 1.165) is 49.5 Å². The normalized spacial score (nSPS) is 14.5. The van der Waals surface area contributed by atoms with E-state index in [9.17, 15) is 4.79 Å². The van der Waals surface area contributed by atoms with E-state index in [0.29, 0.717) is 28.7 Å². The van der Waals surface area contributed by atoms with Crippen molar-refractivity contribution in [3.05, 3.63) is 47.5 Å². The van der Waals surface area contributed by atoms with Crippen molar-refractivity contribution in [2.75, 3.05) is 58.5 Å². The molecule has 0 bridgehead atoms. The van der Waals surface area contributed by atoms with Crippen LogP contribution in [0.4, 0.5) is 5.13 Å². The van der Waals surface area contributed by atoms with Crippen LogP contribution in [0.3, 0.4) is 0 Å². The number of hydrogen-bond donors (Lipinski definition) is 0. The molecule has 32 heavy (non-hydrogen) atoms. The van der Waals surface area contributed by atoms with Crippen LogP contribution >= 0.6 is 11.3 Å². The van der Waals surface area contributed by atoms with Gasteiger partial charge in [0.2, 0.25) is 0 Å². The van der Waals surface area contributed by atoms with Gasteiger partial charge in [0.05, 0.1) is 37.6 Å². The van der Waals surface area contributed by atoms with Crippen LogP contribution in [0.25, 0.3) is 10.2 Å². The second kappa shape index (κ2) is 10.3. The van der Waals surface area contributed by atoms with Crippen molar-refractivity contribution in [2.45, 2.75) is 13.3 Å². The summed E-state index contributed by atoms with van der Waals surface area (Å²) in [4.78, 5) is 22.7. The number of amides is 1. The first-order valence-corrected chi connectivity index (χ1v) is 11.7. The Morgan fingerprint density at radius 3 is 2.66 bits per heavy atom. The average molecular weight is 456 g/mol. The van der Waals surface area contributed by atoms with E-state index in [1.54, 1.807) is 48.7 Å². The summed E-state index contributed by atoms with van der Waals surface area (Å²) in [5.41, 5.74) is 2.71. The van der Waals surface area contributed by atoms with Gasteiger partial charge in [0, 0.05) is 31.7 Å². The molecule has 7 nitrogen and oxygen atoms in total. The molecular weight excluding hydrogens is 426 g/mol. The highest BCUT2D eigenvalue weighted by atomic mass is 32.1. The number of aromatic nitrogens is 1. The summed E-state index contributed by atoms with van der Waals surface area (Å²) in [6, 6.07) is 11.5. The van der Waals surface area contributed by atoms with Gasteiger partial charge in [-0.2, -0.15) is 0 Å². The van der Waals surface area contributed by atoms with Gasteiger partial charge in [-0.3, -0.25) is 14.6 Å². The number of ether oxygens (including phenoxy) is 3. The first-order valence-electron chi connectivity index (χ1n) is 10.9. The molecule has 0 radical (unpaired) electrons. The van der Waals surface area contributed by atoms with Crippen molar-refractivity contribution >= 4 is 32.6 Å². The zero-order valence-corrected chi connectivity index (χ0v) is 19.6. The smallest absolute Gasteiger partial charge is 0.260 e. The number of anilines is 1. The van der Waals surface area contributed by atoms with Gasteiger partial charge in [-0.25, -0.2) is 4.98 Å². The van der Waals surface area contributed by atoms with Gasteiger partial charge in [-0.1, -0.05) is 30.4 Å². The van der Waals surface area contributed by atoms with Gasteiger partial charge in [0.25, 0.3) is 5.91 Å². The molecule has 1 aromatic heterocycles. The third kappa shape index (κ3) is 4.72. The van der Waals surface area contributed by atoms with Crippen LogP contribution in [0.15, 0.2) is 36.4 Å². The molecule has 0 unspecified atom stereocenters. The summed E-state index contributed by atoms with van der Waals surface area (Å²) in [7, 11) is 3.16. The van der Waals surface area contributed by atoms with Crippen molar-refractivity contribution in [2.24, 2.45) is 0 Å². The zero-order valence-electron chi connectivity index (χ0n) is 18.8. The Morgan fingerprint density at radius 1 is 1.16 bits per heavy atom. The van der Waals surface area contributed by atoms with Gasteiger partial charge >= 0.3 is 0 Å². The van der Waals surface area contributed by atoms with Crippen molar-refractivity contribution in [3.63, 3.8) is 0 Å². The van der Waals surface area contributed by atoms with Crippen LogP contribution in [0.2, 0.25) is 0 Å². The molecule has 0 atom stereocenters. The lowest BCUT2D eigenvalue weighted by Crippen LogP contribution is -2.43. The van der Waals surface area contributed by atoms with Crippen molar-refractivity contribution in [3.8, 4) is 11.5 Å². The Morgan fingerprint density at radius 2 is 1.94 bits per heavy atom. The first-order chi connectivity index (χ1) is 15.6. The fraction of sp³-hybridized carbons (Fsp3) is 0.417. The Kier molecular flexibility index (Phi) is 7.24. The number of carbonyl (C=O) groups excluding carboxylic acids is 1. The number of hydrogen-bond acceptors (Lipinski definition) is 7. The molecule has 2 aromatic carbocycles. The second-order valence-corrected chi connectivity index (χ2v) is 8.60. The van der Waals surface area contributed by atoms with E-state index in [-0.39, 0.29) is 5.91 Å². The third-order valence-electron chi connectivity index (χ3n) is 5.72. The maximum atomic E-state index is 13.7. The number of thiazole rings is 1. The van der Waals surface area contributed by atoms with Gasteiger partial charge in [0.15, 0.2) is 16.6 Å². The molecule has 0 saturated carbocycles. The zero-order chi connectivity index (χ0) is 22.5. The minimum Gasteiger partial charge on any atom is -0.493 e. The summed E-state index contributed by atoms with van der Waals surface area (Å²) in [5, 5.41) is 0.717. The number of carbonyl (C=O) groups is 1. The lowest BCUT2D eigenvalue weighted by atomic mass is 10.1. The Hall–Kier alpha value is -2.68. The minimum absolute atomic E-state index is 0.101. The summed E-state index contributed by atoms with van der Waals surface area (Å²) >= 11 is 1.56. The van der Waals surface area contributed by atoms with Crippen LogP contribution < -0.4 is 14.4 Å². The SMILES string of the molecule is CCc1cccc2sc(N(CCN3CCOCC3)C(=O)c3ccc(OC)c(OC)c3)nc12. The number of para-hydroxylation sites is 1. The monoisotopic (exact) mass is 455 g/mol. The Bertz CT molecular complexity index is 1080. The van der Waals surface area contributed by atoms with Gasteiger partial charge in [-0.05, 0) is 36.2 Å². The van der Waals surface area contributed by atoms with Crippen LogP contribution in [0, 0.1) is 0 Å². The number of methoxy groups -OCH3 is 2. The Labute approximate surface area is 192 Å². The molecule has 2 heterocycles. The third-order valence-corrected chi connectivity index (χ3v) is 6.77. The molecule has 0 aliphatic carbocycles. The van der Waals surface area contributed by atoms with E-state index in [4.69, 9.17) is 19.2 Å². The highest BCUT2D eigenvalue weighted by molar-refractivity contribution is 7.22. The van der Waals surface area contributed by atoms with Crippen LogP contribution in [0.5, 0.6) is 11.5 Å². The molecule has 0 N–H and O–H groups in total. The number of morpholine rings is 1. The molecule has 1 amide bonds. The van der Waals surface area contributed by atoms with Crippen LogP contribution in [-0.2, 0) is 11.2 Å². The maximum Gasteiger partial charge on any atom is 0.260 e. The van der Waals surface area contributed by atoms with Crippen molar-refractivity contribution < 1.29 is 19.0 Å². The summed E-state index contributed by atoms with van der Waals surface area (Å²) in [6.45, 7) is 6.64. The van der Waals surface area contributed by atoms with Crippen LogP contribution in [-0.4, -0.2) is 69.4 Å². The molecule has 1 aliphatic heterocycles. The lowest BCUT2D eigenvalue weighted by molar-refractivity contribution is 0.0391. The molecule has 1 fully saturated rings. The lowest BCUT2D eigenvalue weighted by Gasteiger charge is -2.29. The topological polar surface area (TPSA) is 64.1 Å². The quantitative estimate of drug-likeness (QED) is 0.514. The molecule has 8 heteroatoms. The van der Waals surface area contributed by atoms with E-state index < -0.39 is 0 Å². The van der Waals surface area contributed by atoms with Gasteiger partial charge < -0.3 is 14.2 Å². The highest BCUT2D eigenvalue weighted by Crippen LogP contribution is 2.33. The van der Waals surface area contributed by atoms with Crippen molar-refractivity contribution in [1.29, 1.82) is 0 Å². The largest absolute Gasteiger partial charge is 0.493 e. The van der Waals surface area contributed by atoms with Crippen molar-refractivity contribution in [1.82, 2.24) is 9.88 Å². The van der Waals surface area contributed by atoms with E-state index in [1.807, 2.05) is 0 Å². The predicted octanol–water partition coefficient (Wildman–Crippen LogP) is 3.85. The highest BCUT2D eigenvalue weighted by Gasteiger charge is 2.24. The predicted molar refractivity (Wildman–Crippen MR) is 127 cm³/mol. The van der Waals surface area contributed by atoms with Gasteiger partial charge in [0.1, 0.15) is 0 Å². The summed E-state index contributed by atoms with van der Waals surface area (Å²) < 4.78 is 17.3. The van der Waals surface area contributed by atoms with E-state index >= 15 is 0 Å². The van der Waals surface area contributed by atoms with E-state index in [1.165, 1.54) is 5.56 Å². The second-order valence-electron chi connectivity index (χ2n) is 7.59. The number of nitrogens with zero attached hydrogens (tertiary/aromatic N) is 3. The number of aryl methyl sites for hydroxylation is 1. The maximum absolute atomic E-state index is 13.7. The molecule has 1 aliphatic rings. The number of fused-ring (bicyclic) bond motifs is 1. The molecular formula is C24H29N3O4S. The molecule has 1 saturated heterocycles. The average Bonchev–Trinajstić information content (AvgIpc) is 3.28. The summed E-state index contributed by atoms with van der Waals surface area (Å²) in [6.07, 6.45) is 0.901. The number of benzene rings is 2. The fourth-order valence-electron chi connectivity index (χ4n) is 3.87. The molecule has 4 rings (SSSR count). The standard InChI is InChI=1S/C24H29N3O4S/c1-4-17-6-5-7-21-22(17)25-24(32-21)27(11-10-26-12-14-31-15-13-26)23(28)18-8-9-19(29-2)20(16-18)30-3/h5-9,16H,4,10-15H2,1-3H3. The van der Waals surface area contributed by atoms with E-state index in [2.05, 4.69) is 30.0 Å². The van der Waals surface area contributed by atoms with Gasteiger partial charge in [-0.15, -0.1) is 0 Å². The summed E-state index contributed by atoms with van der Waals surface area (Å²) in [5.74, 6) is 1.02.